The lowest BCUT2D eigenvalue weighted by atomic mass is 10.2. The number of carbonyl (C=O) groups is 2. The number of carboxylic acids is 1. The zero-order valence-corrected chi connectivity index (χ0v) is 10.5. The van der Waals surface area contributed by atoms with Gasteiger partial charge in [-0.3, -0.25) is 4.79 Å². The molecule has 7 heteroatoms. The molecule has 102 valence electrons. The molecule has 1 fully saturated rings. The molecule has 0 aliphatic heterocycles. The number of amides is 1. The summed E-state index contributed by atoms with van der Waals surface area (Å²) in [6.07, 6.45) is 3.36. The molecule has 1 aromatic rings. The van der Waals surface area contributed by atoms with E-state index in [0.29, 0.717) is 0 Å². The van der Waals surface area contributed by atoms with E-state index in [4.69, 9.17) is 10.8 Å². The Bertz CT molecular complexity index is 514. The zero-order valence-electron chi connectivity index (χ0n) is 10.5. The number of pyridine rings is 1. The summed E-state index contributed by atoms with van der Waals surface area (Å²) >= 11 is 0. The second kappa shape index (κ2) is 5.13. The molecule has 0 spiro atoms. The summed E-state index contributed by atoms with van der Waals surface area (Å²) in [5.74, 6) is -1.07. The molecule has 0 radical (unpaired) electrons. The van der Waals surface area contributed by atoms with Crippen LogP contribution in [-0.4, -0.2) is 34.1 Å². The second-order valence-electron chi connectivity index (χ2n) is 4.57. The van der Waals surface area contributed by atoms with Crippen LogP contribution in [0.2, 0.25) is 0 Å². The van der Waals surface area contributed by atoms with Gasteiger partial charge in [0.15, 0.2) is 5.82 Å². The third-order valence-electron chi connectivity index (χ3n) is 2.89. The van der Waals surface area contributed by atoms with E-state index in [-0.39, 0.29) is 29.0 Å². The predicted octanol–water partition coefficient (Wildman–Crippen LogP) is 0.441. The number of nitrogens with zero attached hydrogens (tertiary/aromatic N) is 1. The van der Waals surface area contributed by atoms with Crippen molar-refractivity contribution in [3.8, 4) is 0 Å². The summed E-state index contributed by atoms with van der Waals surface area (Å²) in [5, 5.41) is 14.6. The number of nitrogen functional groups attached to an aromatic ring is 1. The van der Waals surface area contributed by atoms with Crippen LogP contribution in [0.1, 0.15) is 30.1 Å². The topological polar surface area (TPSA) is 117 Å². The Kier molecular flexibility index (Phi) is 3.55. The maximum Gasteiger partial charge on any atom is 0.337 e. The highest BCUT2D eigenvalue weighted by atomic mass is 16.4. The number of hydrogen-bond donors (Lipinski definition) is 4. The molecule has 1 amide bonds. The largest absolute Gasteiger partial charge is 0.478 e. The fourth-order valence-electron chi connectivity index (χ4n) is 1.60. The van der Waals surface area contributed by atoms with Gasteiger partial charge >= 0.3 is 5.97 Å². The summed E-state index contributed by atoms with van der Waals surface area (Å²) in [4.78, 5) is 26.7. The van der Waals surface area contributed by atoms with Gasteiger partial charge in [0, 0.05) is 12.2 Å². The molecule has 1 unspecified atom stereocenters. The quantitative estimate of drug-likeness (QED) is 0.613. The summed E-state index contributed by atoms with van der Waals surface area (Å²) < 4.78 is 0. The molecule has 1 atom stereocenters. The Morgan fingerprint density at radius 1 is 1.53 bits per heavy atom. The van der Waals surface area contributed by atoms with Crippen LogP contribution >= 0.6 is 0 Å². The number of anilines is 2. The lowest BCUT2D eigenvalue weighted by molar-refractivity contribution is -0.121. The Morgan fingerprint density at radius 2 is 2.21 bits per heavy atom. The van der Waals surface area contributed by atoms with Crippen molar-refractivity contribution in [2.75, 3.05) is 11.1 Å². The van der Waals surface area contributed by atoms with Gasteiger partial charge in [-0.15, -0.1) is 0 Å². The molecular weight excluding hydrogens is 248 g/mol. The van der Waals surface area contributed by atoms with Crippen molar-refractivity contribution < 1.29 is 14.7 Å². The predicted molar refractivity (Wildman–Crippen MR) is 69.9 cm³/mol. The standard InChI is InChI=1S/C12H16N4O3/c1-6(11(17)16-7-2-3-7)15-10-9(13)8(12(18)19)4-5-14-10/h4-7H,2-3,13H2,1H3,(H,14,15)(H,16,17)(H,18,19). The van der Waals surface area contributed by atoms with E-state index in [1.54, 1.807) is 6.92 Å². The zero-order chi connectivity index (χ0) is 14.0. The number of hydrogen-bond acceptors (Lipinski definition) is 5. The van der Waals surface area contributed by atoms with Crippen LogP contribution in [0, 0.1) is 0 Å². The first-order valence-corrected chi connectivity index (χ1v) is 6.03. The van der Waals surface area contributed by atoms with Crippen molar-refractivity contribution in [2.24, 2.45) is 0 Å². The first-order chi connectivity index (χ1) is 8.99. The number of rotatable bonds is 5. The average molecular weight is 264 g/mol. The van der Waals surface area contributed by atoms with Crippen molar-refractivity contribution in [2.45, 2.75) is 31.8 Å². The molecular formula is C12H16N4O3. The molecule has 1 aliphatic carbocycles. The number of carbonyl (C=O) groups excluding carboxylic acids is 1. The van der Waals surface area contributed by atoms with Gasteiger partial charge in [-0.25, -0.2) is 9.78 Å². The molecule has 0 aromatic carbocycles. The van der Waals surface area contributed by atoms with Crippen molar-refractivity contribution in [3.05, 3.63) is 17.8 Å². The molecule has 2 rings (SSSR count). The van der Waals surface area contributed by atoms with Crippen LogP contribution < -0.4 is 16.4 Å². The van der Waals surface area contributed by atoms with Crippen LogP contribution in [0.25, 0.3) is 0 Å². The molecule has 19 heavy (non-hydrogen) atoms. The van der Waals surface area contributed by atoms with Gasteiger partial charge in [0.05, 0.1) is 11.3 Å². The highest BCUT2D eigenvalue weighted by Crippen LogP contribution is 2.21. The van der Waals surface area contributed by atoms with Crippen molar-refractivity contribution >= 4 is 23.4 Å². The number of aromatic carboxylic acids is 1. The summed E-state index contributed by atoms with van der Waals surface area (Å²) in [5.41, 5.74) is 5.70. The molecule has 0 bridgehead atoms. The van der Waals surface area contributed by atoms with E-state index < -0.39 is 12.0 Å². The van der Waals surface area contributed by atoms with E-state index in [9.17, 15) is 9.59 Å². The fraction of sp³-hybridized carbons (Fsp3) is 0.417. The molecule has 5 N–H and O–H groups in total. The maximum absolute atomic E-state index is 11.8. The fourth-order valence-corrected chi connectivity index (χ4v) is 1.60. The SMILES string of the molecule is CC(Nc1nccc(C(=O)O)c1N)C(=O)NC1CC1. The normalized spacial score (nSPS) is 15.6. The Labute approximate surface area is 110 Å². The molecule has 1 aromatic heterocycles. The minimum atomic E-state index is -1.13. The highest BCUT2D eigenvalue weighted by molar-refractivity contribution is 5.96. The minimum absolute atomic E-state index is 0.0288. The maximum atomic E-state index is 11.8. The van der Waals surface area contributed by atoms with Gasteiger partial charge in [0.2, 0.25) is 5.91 Å². The molecule has 1 aliphatic rings. The van der Waals surface area contributed by atoms with Gasteiger partial charge < -0.3 is 21.5 Å². The lowest BCUT2D eigenvalue weighted by Crippen LogP contribution is -2.39. The van der Waals surface area contributed by atoms with Crippen LogP contribution in [0.4, 0.5) is 11.5 Å². The minimum Gasteiger partial charge on any atom is -0.478 e. The van der Waals surface area contributed by atoms with E-state index in [1.165, 1.54) is 12.3 Å². The van der Waals surface area contributed by atoms with E-state index in [1.807, 2.05) is 0 Å². The van der Waals surface area contributed by atoms with Crippen LogP contribution in [0.5, 0.6) is 0 Å². The monoisotopic (exact) mass is 264 g/mol. The number of nitrogens with one attached hydrogen (secondary N) is 2. The summed E-state index contributed by atoms with van der Waals surface area (Å²) in [7, 11) is 0. The van der Waals surface area contributed by atoms with Crippen LogP contribution in [0.15, 0.2) is 12.3 Å². The van der Waals surface area contributed by atoms with E-state index in [2.05, 4.69) is 15.6 Å². The third kappa shape index (κ3) is 3.12. The molecule has 1 saturated carbocycles. The Morgan fingerprint density at radius 3 is 2.79 bits per heavy atom. The van der Waals surface area contributed by atoms with Gasteiger partial charge in [-0.2, -0.15) is 0 Å². The van der Waals surface area contributed by atoms with E-state index in [0.717, 1.165) is 12.8 Å². The van der Waals surface area contributed by atoms with Crippen molar-refractivity contribution in [1.82, 2.24) is 10.3 Å². The lowest BCUT2D eigenvalue weighted by Gasteiger charge is -2.16. The second-order valence-corrected chi connectivity index (χ2v) is 4.57. The highest BCUT2D eigenvalue weighted by Gasteiger charge is 2.26. The van der Waals surface area contributed by atoms with Gasteiger partial charge in [0.25, 0.3) is 0 Å². The van der Waals surface area contributed by atoms with Crippen molar-refractivity contribution in [1.29, 1.82) is 0 Å². The number of nitrogens with two attached hydrogens (primary N) is 1. The summed E-state index contributed by atoms with van der Waals surface area (Å²) in [6.45, 7) is 1.67. The third-order valence-corrected chi connectivity index (χ3v) is 2.89. The van der Waals surface area contributed by atoms with Gasteiger partial charge in [-0.1, -0.05) is 0 Å². The van der Waals surface area contributed by atoms with Crippen molar-refractivity contribution in [3.63, 3.8) is 0 Å². The Balaban J connectivity index is 2.07. The number of carboxylic acid groups (broad SMARTS) is 1. The molecule has 0 saturated heterocycles. The number of aromatic nitrogens is 1. The first-order valence-electron chi connectivity index (χ1n) is 6.03. The summed E-state index contributed by atoms with van der Waals surface area (Å²) in [6, 6.07) is 1.06. The first kappa shape index (κ1) is 13.1. The van der Waals surface area contributed by atoms with Crippen LogP contribution in [-0.2, 0) is 4.79 Å². The smallest absolute Gasteiger partial charge is 0.337 e. The Hall–Kier alpha value is -2.31. The average Bonchev–Trinajstić information content (AvgIpc) is 3.15. The molecule has 1 heterocycles. The molecule has 7 nitrogen and oxygen atoms in total. The van der Waals surface area contributed by atoms with Gasteiger partial charge in [-0.05, 0) is 25.8 Å². The van der Waals surface area contributed by atoms with Crippen LogP contribution in [0.3, 0.4) is 0 Å². The van der Waals surface area contributed by atoms with Gasteiger partial charge in [0.1, 0.15) is 6.04 Å². The van der Waals surface area contributed by atoms with E-state index >= 15 is 0 Å².